The maximum atomic E-state index is 13.8. The van der Waals surface area contributed by atoms with E-state index in [9.17, 15) is 35.7 Å². The first-order chi connectivity index (χ1) is 16.7. The Kier molecular flexibility index (Phi) is 6.55. The molecule has 8 nitrogen and oxygen atoms in total. The van der Waals surface area contributed by atoms with Crippen LogP contribution >= 0.6 is 45.2 Å². The number of fused-ring (bicyclic) bond motifs is 1. The molecule has 4 bridgehead atoms. The van der Waals surface area contributed by atoms with Crippen LogP contribution in [0.1, 0.15) is 48.9 Å². The molecule has 1 aromatic rings. The number of hydrogen-bond donors (Lipinski definition) is 0. The van der Waals surface area contributed by atoms with Crippen molar-refractivity contribution in [3.63, 3.8) is 0 Å². The summed E-state index contributed by atoms with van der Waals surface area (Å²) in [6.45, 7) is -0.798. The van der Waals surface area contributed by atoms with Gasteiger partial charge in [-0.1, -0.05) is 0 Å². The molecule has 1 aromatic carbocycles. The number of rotatable bonds is 6. The molecule has 1 spiro atoms. The van der Waals surface area contributed by atoms with E-state index in [0.29, 0.717) is 30.6 Å². The first-order valence-corrected chi connectivity index (χ1v) is 14.8. The number of hydrogen-bond acceptors (Lipinski definition) is 8. The Hall–Kier alpha value is -0.880. The van der Waals surface area contributed by atoms with Gasteiger partial charge in [-0.15, -0.1) is 0 Å². The van der Waals surface area contributed by atoms with Crippen LogP contribution in [0, 0.1) is 30.3 Å². The number of esters is 2. The van der Waals surface area contributed by atoms with Gasteiger partial charge in [0.2, 0.25) is 0 Å². The lowest BCUT2D eigenvalue weighted by atomic mass is 9.47. The number of ether oxygens (including phenoxy) is 3. The zero-order valence-corrected chi connectivity index (χ0v) is 23.6. The van der Waals surface area contributed by atoms with Gasteiger partial charge in [-0.05, 0) is 95.3 Å². The molecule has 4 fully saturated rings. The highest BCUT2D eigenvalue weighted by Gasteiger charge is 2.69. The predicted molar refractivity (Wildman–Crippen MR) is 132 cm³/mol. The minimum absolute atomic E-state index is 0.144. The summed E-state index contributed by atoms with van der Waals surface area (Å²) >= 11 is 4.19. The molecule has 4 aliphatic carbocycles. The molecule has 0 aromatic heterocycles. The summed E-state index contributed by atoms with van der Waals surface area (Å²) in [5, 5.41) is -5.11. The topological polar surface area (TPSA) is 119 Å². The Bertz CT molecular complexity index is 1220. The van der Waals surface area contributed by atoms with Crippen LogP contribution < -0.4 is 4.74 Å². The van der Waals surface area contributed by atoms with E-state index in [1.807, 2.05) is 6.07 Å². The fraction of sp³-hybridized carbons (Fsp3) is 0.636. The van der Waals surface area contributed by atoms with Gasteiger partial charge in [-0.25, -0.2) is 17.6 Å². The monoisotopic (exact) mass is 755 g/mol. The van der Waals surface area contributed by atoms with Gasteiger partial charge in [-0.3, -0.25) is 4.79 Å². The summed E-state index contributed by atoms with van der Waals surface area (Å²) in [4.78, 5) is 26.1. The molecule has 6 rings (SSSR count). The van der Waals surface area contributed by atoms with Crippen LogP contribution in [-0.2, 0) is 24.4 Å². The summed E-state index contributed by atoms with van der Waals surface area (Å²) < 4.78 is 91.4. The van der Waals surface area contributed by atoms with Crippen LogP contribution in [0.4, 0.5) is 13.2 Å². The van der Waals surface area contributed by atoms with E-state index in [4.69, 9.17) is 14.2 Å². The first-order valence-electron chi connectivity index (χ1n) is 11.2. The third kappa shape index (κ3) is 4.03. The first kappa shape index (κ1) is 26.7. The second-order valence-corrected chi connectivity index (χ2v) is 13.7. The van der Waals surface area contributed by atoms with Crippen molar-refractivity contribution in [1.29, 1.82) is 0 Å². The number of carbonyl (C=O) groups excluding carboxylic acids is 2. The van der Waals surface area contributed by atoms with Crippen LogP contribution in [0.2, 0.25) is 0 Å². The zero-order valence-electron chi connectivity index (χ0n) is 18.5. The van der Waals surface area contributed by atoms with Gasteiger partial charge in [0.1, 0.15) is 11.3 Å². The molecular formula is C22H20F3I2O8S-. The maximum Gasteiger partial charge on any atom is 0.364 e. The Morgan fingerprint density at radius 3 is 2.44 bits per heavy atom. The van der Waals surface area contributed by atoms with Gasteiger partial charge in [0.15, 0.2) is 16.3 Å². The Balaban J connectivity index is 1.31. The largest absolute Gasteiger partial charge is 0.743 e. The highest BCUT2D eigenvalue weighted by Crippen LogP contribution is 2.66. The van der Waals surface area contributed by atoms with Crippen LogP contribution in [0.15, 0.2) is 12.1 Å². The van der Waals surface area contributed by atoms with Crippen molar-refractivity contribution in [2.24, 2.45) is 23.2 Å². The van der Waals surface area contributed by atoms with Crippen molar-refractivity contribution in [1.82, 2.24) is 0 Å². The van der Waals surface area contributed by atoms with Gasteiger partial charge in [0, 0.05) is 25.4 Å². The maximum absolute atomic E-state index is 13.8. The molecule has 0 N–H and O–H groups in total. The van der Waals surface area contributed by atoms with Crippen LogP contribution in [0.3, 0.4) is 0 Å². The van der Waals surface area contributed by atoms with E-state index in [2.05, 4.69) is 45.2 Å². The Morgan fingerprint density at radius 1 is 1.19 bits per heavy atom. The van der Waals surface area contributed by atoms with E-state index in [0.717, 1.165) is 7.14 Å². The highest BCUT2D eigenvalue weighted by atomic mass is 127. The van der Waals surface area contributed by atoms with Crippen molar-refractivity contribution in [2.45, 2.75) is 55.7 Å². The quantitative estimate of drug-likeness (QED) is 0.239. The smallest absolute Gasteiger partial charge is 0.364 e. The molecule has 198 valence electrons. The van der Waals surface area contributed by atoms with Crippen molar-refractivity contribution in [2.75, 3.05) is 6.61 Å². The van der Waals surface area contributed by atoms with Gasteiger partial charge in [0.25, 0.3) is 5.79 Å². The minimum Gasteiger partial charge on any atom is -0.743 e. The third-order valence-corrected chi connectivity index (χ3v) is 11.8. The summed E-state index contributed by atoms with van der Waals surface area (Å²) in [6.07, 6.45) is -2.01. The molecule has 0 radical (unpaired) electrons. The van der Waals surface area contributed by atoms with Crippen LogP contribution in [0.25, 0.3) is 0 Å². The number of alkyl halides is 3. The molecular weight excluding hydrogens is 735 g/mol. The van der Waals surface area contributed by atoms with Crippen molar-refractivity contribution >= 4 is 67.2 Å². The van der Waals surface area contributed by atoms with E-state index < -0.39 is 57.7 Å². The standard InChI is InChI=1S/C22H21F3I2O8S/c23-15(22(24,25)36(30,31)32)3-4-33-19(29)20-7-10-5-11(8-20)21(12(6-10)9-20)34-14-2-1-13(26)17(27)16(14)18(28)35-21/h1-2,10-12,15H,3-9H2,(H,30,31,32)/p-1. The SMILES string of the molecule is O=C1OC2(Oc3ccc(I)c(I)c31)C1CC3CC2CC(C(=O)OCCC(F)C(F)(F)S(=O)(=O)[O-])(C3)C1. The van der Waals surface area contributed by atoms with Crippen LogP contribution in [0.5, 0.6) is 5.75 Å². The van der Waals surface area contributed by atoms with Crippen molar-refractivity contribution in [3.8, 4) is 5.75 Å². The molecule has 36 heavy (non-hydrogen) atoms. The summed E-state index contributed by atoms with van der Waals surface area (Å²) in [5.74, 6) is -2.40. The fourth-order valence-electron chi connectivity index (χ4n) is 6.44. The van der Waals surface area contributed by atoms with Gasteiger partial charge >= 0.3 is 17.2 Å². The molecule has 5 aliphatic rings. The van der Waals surface area contributed by atoms with Crippen LogP contribution in [-0.4, -0.2) is 48.7 Å². The second kappa shape index (κ2) is 8.83. The van der Waals surface area contributed by atoms with E-state index in [1.54, 1.807) is 6.07 Å². The van der Waals surface area contributed by atoms with Gasteiger partial charge in [-0.2, -0.15) is 8.78 Å². The fourth-order valence-corrected chi connectivity index (χ4v) is 7.99. The van der Waals surface area contributed by atoms with Gasteiger partial charge in [0.05, 0.1) is 12.0 Å². The molecule has 1 heterocycles. The van der Waals surface area contributed by atoms with E-state index in [1.165, 1.54) is 0 Å². The van der Waals surface area contributed by atoms with Gasteiger partial charge < -0.3 is 18.8 Å². The number of carbonyl (C=O) groups is 2. The molecule has 14 heteroatoms. The third-order valence-electron chi connectivity index (χ3n) is 7.85. The molecule has 1 aliphatic heterocycles. The summed E-state index contributed by atoms with van der Waals surface area (Å²) in [5.41, 5.74) is -0.592. The Labute approximate surface area is 232 Å². The molecule has 0 amide bonds. The number of benzene rings is 1. The average Bonchev–Trinajstić information content (AvgIpc) is 2.78. The molecule has 3 atom stereocenters. The normalized spacial score (nSPS) is 33.6. The highest BCUT2D eigenvalue weighted by molar-refractivity contribution is 14.1. The lowest BCUT2D eigenvalue weighted by molar-refractivity contribution is -0.294. The van der Waals surface area contributed by atoms with E-state index in [-0.39, 0.29) is 30.6 Å². The van der Waals surface area contributed by atoms with Crippen molar-refractivity contribution in [3.05, 3.63) is 24.8 Å². The van der Waals surface area contributed by atoms with E-state index >= 15 is 0 Å². The minimum atomic E-state index is -6.19. The average molecular weight is 755 g/mol. The molecule has 4 saturated carbocycles. The lowest BCUT2D eigenvalue weighted by Crippen LogP contribution is -2.67. The molecule has 3 unspecified atom stereocenters. The lowest BCUT2D eigenvalue weighted by Gasteiger charge is -2.62. The zero-order chi connectivity index (χ0) is 26.3. The predicted octanol–water partition coefficient (Wildman–Crippen LogP) is 4.38. The number of halogens is 5. The Morgan fingerprint density at radius 2 is 1.83 bits per heavy atom. The second-order valence-electron chi connectivity index (χ2n) is 9.98. The summed E-state index contributed by atoms with van der Waals surface area (Å²) in [7, 11) is -6.19. The molecule has 0 saturated heterocycles. The summed E-state index contributed by atoms with van der Waals surface area (Å²) in [6, 6.07) is 3.59. The van der Waals surface area contributed by atoms with Crippen molar-refractivity contribution < 1.29 is 49.9 Å².